The summed E-state index contributed by atoms with van der Waals surface area (Å²) in [6.45, 7) is 0.651. The van der Waals surface area contributed by atoms with Crippen LogP contribution < -0.4 is 0 Å². The molecule has 0 radical (unpaired) electrons. The Balaban J connectivity index is 1.51. The molecule has 2 heterocycles. The molecule has 130 valence electrons. The average Bonchev–Trinajstić information content (AvgIpc) is 3.13. The summed E-state index contributed by atoms with van der Waals surface area (Å²) in [5.41, 5.74) is 6.59. The average molecular weight is 350 g/mol. The zero-order valence-corrected chi connectivity index (χ0v) is 14.8. The second-order valence-corrected chi connectivity index (χ2v) is 6.78. The summed E-state index contributed by atoms with van der Waals surface area (Å²) in [5, 5.41) is 1.19. The number of carbonyl (C=O) groups is 1. The largest absolute Gasteiger partial charge is 0.353 e. The molecular formula is C24H18N2O. The lowest BCUT2D eigenvalue weighted by Gasteiger charge is -2.13. The molecule has 3 nitrogen and oxygen atoms in total. The standard InChI is InChI=1S/C24H18N2O/c27-24(18-12-10-17(11-13-18)16-6-2-1-3-7-16)23-22-20(14-15-25-23)19-8-4-5-9-21(19)26-22/h1-13,26H,14-15H2. The predicted molar refractivity (Wildman–Crippen MR) is 110 cm³/mol. The summed E-state index contributed by atoms with van der Waals surface area (Å²) in [7, 11) is 0. The minimum absolute atomic E-state index is 0.0258. The van der Waals surface area contributed by atoms with Gasteiger partial charge in [0.05, 0.1) is 5.69 Å². The third-order valence-corrected chi connectivity index (χ3v) is 5.15. The highest BCUT2D eigenvalue weighted by atomic mass is 16.1. The van der Waals surface area contributed by atoms with Gasteiger partial charge in [-0.05, 0) is 29.2 Å². The van der Waals surface area contributed by atoms with Crippen LogP contribution >= 0.6 is 0 Å². The van der Waals surface area contributed by atoms with E-state index in [-0.39, 0.29) is 5.78 Å². The fraction of sp³-hybridized carbons (Fsp3) is 0.0833. The van der Waals surface area contributed by atoms with Crippen molar-refractivity contribution in [1.82, 2.24) is 4.98 Å². The van der Waals surface area contributed by atoms with Gasteiger partial charge < -0.3 is 4.98 Å². The van der Waals surface area contributed by atoms with E-state index >= 15 is 0 Å². The van der Waals surface area contributed by atoms with E-state index in [9.17, 15) is 4.79 Å². The second kappa shape index (κ2) is 6.36. The number of aromatic nitrogens is 1. The van der Waals surface area contributed by atoms with E-state index in [1.807, 2.05) is 60.7 Å². The quantitative estimate of drug-likeness (QED) is 0.516. The van der Waals surface area contributed by atoms with Crippen molar-refractivity contribution in [3.05, 3.63) is 95.7 Å². The van der Waals surface area contributed by atoms with Crippen molar-refractivity contribution in [2.45, 2.75) is 6.42 Å². The van der Waals surface area contributed by atoms with Crippen LogP contribution in [0.1, 0.15) is 21.6 Å². The van der Waals surface area contributed by atoms with Crippen LogP contribution in [0.25, 0.3) is 22.0 Å². The molecule has 1 N–H and O–H groups in total. The minimum Gasteiger partial charge on any atom is -0.353 e. The number of aliphatic imine (C=N–C) groups is 1. The number of rotatable bonds is 3. The molecule has 0 bridgehead atoms. The molecule has 0 saturated carbocycles. The van der Waals surface area contributed by atoms with Crippen molar-refractivity contribution < 1.29 is 4.79 Å². The molecule has 0 amide bonds. The first-order valence-electron chi connectivity index (χ1n) is 9.16. The maximum atomic E-state index is 13.1. The van der Waals surface area contributed by atoms with Crippen molar-refractivity contribution in [2.24, 2.45) is 4.99 Å². The summed E-state index contributed by atoms with van der Waals surface area (Å²) >= 11 is 0. The highest BCUT2D eigenvalue weighted by molar-refractivity contribution is 6.51. The lowest BCUT2D eigenvalue weighted by Crippen LogP contribution is -2.22. The van der Waals surface area contributed by atoms with Crippen LogP contribution in [-0.4, -0.2) is 23.0 Å². The van der Waals surface area contributed by atoms with E-state index in [2.05, 4.69) is 28.2 Å². The van der Waals surface area contributed by atoms with Crippen molar-refractivity contribution in [3.63, 3.8) is 0 Å². The molecule has 1 aromatic heterocycles. The zero-order valence-electron chi connectivity index (χ0n) is 14.8. The van der Waals surface area contributed by atoms with Crippen molar-refractivity contribution in [3.8, 4) is 11.1 Å². The lowest BCUT2D eigenvalue weighted by atomic mass is 9.96. The summed E-state index contributed by atoms with van der Waals surface area (Å²) in [6, 6.07) is 26.1. The molecule has 0 aliphatic carbocycles. The molecule has 5 rings (SSSR count). The van der Waals surface area contributed by atoms with Crippen LogP contribution in [0.3, 0.4) is 0 Å². The summed E-state index contributed by atoms with van der Waals surface area (Å²) in [5.74, 6) is -0.0258. The Bertz CT molecular complexity index is 1170. The van der Waals surface area contributed by atoms with Gasteiger partial charge >= 0.3 is 0 Å². The summed E-state index contributed by atoms with van der Waals surface area (Å²) < 4.78 is 0. The Morgan fingerprint density at radius 2 is 1.52 bits per heavy atom. The van der Waals surface area contributed by atoms with Crippen LogP contribution in [-0.2, 0) is 6.42 Å². The van der Waals surface area contributed by atoms with Gasteiger partial charge in [-0.3, -0.25) is 9.79 Å². The molecule has 0 fully saturated rings. The van der Waals surface area contributed by atoms with Gasteiger partial charge in [-0.25, -0.2) is 0 Å². The molecule has 27 heavy (non-hydrogen) atoms. The number of hydrogen-bond donors (Lipinski definition) is 1. The monoisotopic (exact) mass is 350 g/mol. The first kappa shape index (κ1) is 15.8. The Morgan fingerprint density at radius 3 is 2.33 bits per heavy atom. The number of aromatic amines is 1. The highest BCUT2D eigenvalue weighted by Crippen LogP contribution is 2.27. The molecule has 0 spiro atoms. The summed E-state index contributed by atoms with van der Waals surface area (Å²) in [4.78, 5) is 21.1. The number of ketones is 1. The lowest BCUT2D eigenvalue weighted by molar-refractivity contribution is 0.106. The number of nitrogens with zero attached hydrogens (tertiary/aromatic N) is 1. The van der Waals surface area contributed by atoms with Crippen molar-refractivity contribution >= 4 is 22.4 Å². The van der Waals surface area contributed by atoms with Crippen LogP contribution in [0.2, 0.25) is 0 Å². The fourth-order valence-corrected chi connectivity index (χ4v) is 3.79. The van der Waals surface area contributed by atoms with Gasteiger partial charge in [-0.1, -0.05) is 72.8 Å². The number of fused-ring (bicyclic) bond motifs is 3. The van der Waals surface area contributed by atoms with Crippen molar-refractivity contribution in [1.29, 1.82) is 0 Å². The molecule has 4 aromatic rings. The first-order chi connectivity index (χ1) is 13.3. The number of nitrogens with one attached hydrogen (secondary N) is 1. The van der Waals surface area contributed by atoms with Gasteiger partial charge in [0.2, 0.25) is 5.78 Å². The predicted octanol–water partition coefficient (Wildman–Crippen LogP) is 5.06. The smallest absolute Gasteiger partial charge is 0.213 e. The molecule has 1 aliphatic rings. The number of para-hydroxylation sites is 1. The number of Topliss-reactive ketones (excluding diaryl/α,β-unsaturated/α-hetero) is 1. The molecule has 0 unspecified atom stereocenters. The number of carbonyl (C=O) groups excluding carboxylic acids is 1. The topological polar surface area (TPSA) is 45.2 Å². The minimum atomic E-state index is -0.0258. The van der Waals surface area contributed by atoms with E-state index < -0.39 is 0 Å². The fourth-order valence-electron chi connectivity index (χ4n) is 3.79. The van der Waals surface area contributed by atoms with Crippen LogP contribution in [0.15, 0.2) is 83.9 Å². The van der Waals surface area contributed by atoms with Gasteiger partial charge in [-0.2, -0.15) is 0 Å². The van der Waals surface area contributed by atoms with Crippen molar-refractivity contribution in [2.75, 3.05) is 6.54 Å². The maximum Gasteiger partial charge on any atom is 0.213 e. The third kappa shape index (κ3) is 2.68. The molecular weight excluding hydrogens is 332 g/mol. The van der Waals surface area contributed by atoms with E-state index in [1.54, 1.807) is 0 Å². The van der Waals surface area contributed by atoms with Gasteiger partial charge in [0, 0.05) is 23.0 Å². The Hall–Kier alpha value is -3.46. The van der Waals surface area contributed by atoms with Crippen LogP contribution in [0.4, 0.5) is 0 Å². The van der Waals surface area contributed by atoms with Gasteiger partial charge in [0.25, 0.3) is 0 Å². The zero-order chi connectivity index (χ0) is 18.2. The normalized spacial score (nSPS) is 13.3. The van der Waals surface area contributed by atoms with E-state index in [0.717, 1.165) is 28.8 Å². The number of H-pyrrole nitrogens is 1. The van der Waals surface area contributed by atoms with Crippen LogP contribution in [0.5, 0.6) is 0 Å². The Morgan fingerprint density at radius 1 is 0.815 bits per heavy atom. The Labute approximate surface area is 157 Å². The van der Waals surface area contributed by atoms with Gasteiger partial charge in [-0.15, -0.1) is 0 Å². The molecule has 0 atom stereocenters. The third-order valence-electron chi connectivity index (χ3n) is 5.15. The number of hydrogen-bond acceptors (Lipinski definition) is 2. The van der Waals surface area contributed by atoms with Gasteiger partial charge in [0.15, 0.2) is 0 Å². The highest BCUT2D eigenvalue weighted by Gasteiger charge is 2.25. The SMILES string of the molecule is O=C(C1=NCCc2c1[nH]c1ccccc21)c1ccc(-c2ccccc2)cc1. The molecule has 0 saturated heterocycles. The van der Waals surface area contributed by atoms with Gasteiger partial charge in [0.1, 0.15) is 5.71 Å². The summed E-state index contributed by atoms with van der Waals surface area (Å²) in [6.07, 6.45) is 0.864. The van der Waals surface area contributed by atoms with Crippen LogP contribution in [0, 0.1) is 0 Å². The second-order valence-electron chi connectivity index (χ2n) is 6.78. The molecule has 1 aliphatic heterocycles. The van der Waals surface area contributed by atoms with E-state index in [0.29, 0.717) is 17.8 Å². The number of benzene rings is 3. The first-order valence-corrected chi connectivity index (χ1v) is 9.16. The Kier molecular flexibility index (Phi) is 3.72. The molecule has 3 aromatic carbocycles. The van der Waals surface area contributed by atoms with E-state index in [1.165, 1.54) is 10.9 Å². The van der Waals surface area contributed by atoms with E-state index in [4.69, 9.17) is 0 Å². The maximum absolute atomic E-state index is 13.1. The molecule has 3 heteroatoms.